The number of benzene rings is 1. The van der Waals surface area contributed by atoms with Crippen molar-refractivity contribution in [2.24, 2.45) is 10.7 Å². The molecule has 7 heteroatoms. The summed E-state index contributed by atoms with van der Waals surface area (Å²) in [6.07, 6.45) is 5.67. The predicted octanol–water partition coefficient (Wildman–Crippen LogP) is 2.50. The highest BCUT2D eigenvalue weighted by molar-refractivity contribution is 14.0. The highest BCUT2D eigenvalue weighted by Crippen LogP contribution is 2.19. The van der Waals surface area contributed by atoms with E-state index in [2.05, 4.69) is 15.3 Å². The van der Waals surface area contributed by atoms with Crippen molar-refractivity contribution in [3.63, 3.8) is 0 Å². The number of halogens is 2. The van der Waals surface area contributed by atoms with E-state index >= 15 is 0 Å². The lowest BCUT2D eigenvalue weighted by molar-refractivity contribution is 0.614. The summed E-state index contributed by atoms with van der Waals surface area (Å²) in [5.74, 6) is 0.877. The maximum atomic E-state index is 14.2. The zero-order valence-electron chi connectivity index (χ0n) is 12.3. The number of nitrogens with one attached hydrogen (secondary N) is 1. The Hall–Kier alpha value is -1.64. The molecule has 0 saturated heterocycles. The van der Waals surface area contributed by atoms with Gasteiger partial charge >= 0.3 is 0 Å². The van der Waals surface area contributed by atoms with Gasteiger partial charge in [-0.25, -0.2) is 14.4 Å². The number of aryl methyl sites for hydroxylation is 1. The van der Waals surface area contributed by atoms with Gasteiger partial charge in [-0.3, -0.25) is 0 Å². The van der Waals surface area contributed by atoms with Gasteiger partial charge in [0.15, 0.2) is 5.96 Å². The number of hydrogen-bond acceptors (Lipinski definition) is 2. The van der Waals surface area contributed by atoms with Crippen molar-refractivity contribution < 1.29 is 4.39 Å². The zero-order chi connectivity index (χ0) is 14.8. The SMILES string of the molecule is Cc1nccn1-c1ccc(CN=C(N)NC2CC2)cc1F.I. The summed E-state index contributed by atoms with van der Waals surface area (Å²) in [7, 11) is 0. The van der Waals surface area contributed by atoms with Gasteiger partial charge < -0.3 is 15.6 Å². The molecule has 3 rings (SSSR count). The normalized spacial score (nSPS) is 14.5. The Morgan fingerprint density at radius 1 is 1.50 bits per heavy atom. The van der Waals surface area contributed by atoms with Gasteiger partial charge in [-0.1, -0.05) is 6.07 Å². The number of guanidine groups is 1. The first kappa shape index (κ1) is 16.7. The van der Waals surface area contributed by atoms with Crippen LogP contribution in [0.2, 0.25) is 0 Å². The molecule has 0 aliphatic heterocycles. The van der Waals surface area contributed by atoms with Crippen LogP contribution in [0, 0.1) is 12.7 Å². The summed E-state index contributed by atoms with van der Waals surface area (Å²) in [6, 6.07) is 5.55. The van der Waals surface area contributed by atoms with Crippen LogP contribution in [-0.4, -0.2) is 21.6 Å². The maximum absolute atomic E-state index is 14.2. The van der Waals surface area contributed by atoms with Crippen LogP contribution in [0.15, 0.2) is 35.6 Å². The summed E-state index contributed by atoms with van der Waals surface area (Å²) < 4.78 is 15.9. The molecule has 0 bridgehead atoms. The number of aromatic nitrogens is 2. The molecule has 1 heterocycles. The Morgan fingerprint density at radius 2 is 2.27 bits per heavy atom. The third-order valence-corrected chi connectivity index (χ3v) is 3.46. The van der Waals surface area contributed by atoms with Gasteiger partial charge in [0.2, 0.25) is 0 Å². The first-order valence-corrected chi connectivity index (χ1v) is 6.98. The second-order valence-corrected chi connectivity index (χ2v) is 5.25. The number of aliphatic imine (C=N–C) groups is 1. The van der Waals surface area contributed by atoms with E-state index in [0.29, 0.717) is 24.2 Å². The Morgan fingerprint density at radius 3 is 2.86 bits per heavy atom. The van der Waals surface area contributed by atoms with E-state index in [1.807, 2.05) is 13.0 Å². The van der Waals surface area contributed by atoms with Gasteiger partial charge in [0.1, 0.15) is 11.6 Å². The molecule has 1 aliphatic carbocycles. The Kier molecular flexibility index (Phi) is 5.38. The molecule has 0 amide bonds. The van der Waals surface area contributed by atoms with E-state index in [4.69, 9.17) is 5.73 Å². The summed E-state index contributed by atoms with van der Waals surface area (Å²) in [5.41, 5.74) is 7.03. The lowest BCUT2D eigenvalue weighted by Crippen LogP contribution is -2.33. The van der Waals surface area contributed by atoms with Crippen LogP contribution >= 0.6 is 24.0 Å². The summed E-state index contributed by atoms with van der Waals surface area (Å²) in [4.78, 5) is 8.32. The topological polar surface area (TPSA) is 68.2 Å². The van der Waals surface area contributed by atoms with Crippen molar-refractivity contribution in [3.8, 4) is 5.69 Å². The highest BCUT2D eigenvalue weighted by Gasteiger charge is 2.21. The van der Waals surface area contributed by atoms with E-state index in [1.54, 1.807) is 23.0 Å². The monoisotopic (exact) mass is 415 g/mol. The average Bonchev–Trinajstić information content (AvgIpc) is 3.17. The number of imidazole rings is 1. The van der Waals surface area contributed by atoms with Crippen molar-refractivity contribution in [2.45, 2.75) is 32.4 Å². The molecule has 0 atom stereocenters. The molecule has 5 nitrogen and oxygen atoms in total. The number of nitrogens with zero attached hydrogens (tertiary/aromatic N) is 3. The molecule has 118 valence electrons. The predicted molar refractivity (Wildman–Crippen MR) is 95.2 cm³/mol. The molecule has 1 aliphatic rings. The zero-order valence-corrected chi connectivity index (χ0v) is 14.6. The van der Waals surface area contributed by atoms with Crippen molar-refractivity contribution in [1.29, 1.82) is 0 Å². The van der Waals surface area contributed by atoms with Crippen LogP contribution in [0.3, 0.4) is 0 Å². The van der Waals surface area contributed by atoms with Crippen LogP contribution in [0.25, 0.3) is 5.69 Å². The van der Waals surface area contributed by atoms with Crippen molar-refractivity contribution in [2.75, 3.05) is 0 Å². The second kappa shape index (κ2) is 7.08. The second-order valence-electron chi connectivity index (χ2n) is 5.25. The van der Waals surface area contributed by atoms with Gasteiger partial charge in [0.25, 0.3) is 0 Å². The lowest BCUT2D eigenvalue weighted by atomic mass is 10.2. The summed E-state index contributed by atoms with van der Waals surface area (Å²) >= 11 is 0. The fraction of sp³-hybridized carbons (Fsp3) is 0.333. The molecule has 0 radical (unpaired) electrons. The van der Waals surface area contributed by atoms with Crippen molar-refractivity contribution in [3.05, 3.63) is 47.8 Å². The molecule has 2 aromatic rings. The fourth-order valence-electron chi connectivity index (χ4n) is 2.14. The van der Waals surface area contributed by atoms with Crippen LogP contribution in [0.4, 0.5) is 4.39 Å². The minimum Gasteiger partial charge on any atom is -0.370 e. The number of nitrogens with two attached hydrogens (primary N) is 1. The van der Waals surface area contributed by atoms with Crippen LogP contribution in [0.1, 0.15) is 24.2 Å². The smallest absolute Gasteiger partial charge is 0.189 e. The highest BCUT2D eigenvalue weighted by atomic mass is 127. The van der Waals surface area contributed by atoms with Crippen LogP contribution in [0.5, 0.6) is 0 Å². The van der Waals surface area contributed by atoms with Gasteiger partial charge in [-0.2, -0.15) is 0 Å². The first-order valence-electron chi connectivity index (χ1n) is 6.98. The molecule has 1 aromatic heterocycles. The molecule has 0 unspecified atom stereocenters. The Balaban J connectivity index is 0.00000176. The van der Waals surface area contributed by atoms with Crippen molar-refractivity contribution >= 4 is 29.9 Å². The van der Waals surface area contributed by atoms with E-state index < -0.39 is 0 Å². The first-order chi connectivity index (χ1) is 10.1. The van der Waals surface area contributed by atoms with E-state index in [0.717, 1.165) is 24.2 Å². The molecule has 22 heavy (non-hydrogen) atoms. The van der Waals surface area contributed by atoms with Gasteiger partial charge in [-0.15, -0.1) is 24.0 Å². The molecule has 3 N–H and O–H groups in total. The molecule has 1 aromatic carbocycles. The molecular formula is C15H19FIN5. The maximum Gasteiger partial charge on any atom is 0.189 e. The third kappa shape index (κ3) is 3.96. The quantitative estimate of drug-likeness (QED) is 0.458. The van der Waals surface area contributed by atoms with Crippen LogP contribution in [-0.2, 0) is 6.54 Å². The summed E-state index contributed by atoms with van der Waals surface area (Å²) in [6.45, 7) is 2.20. The van der Waals surface area contributed by atoms with Crippen molar-refractivity contribution in [1.82, 2.24) is 14.9 Å². The third-order valence-electron chi connectivity index (χ3n) is 3.46. The van der Waals surface area contributed by atoms with Gasteiger partial charge in [-0.05, 0) is 37.5 Å². The molecular weight excluding hydrogens is 396 g/mol. The van der Waals surface area contributed by atoms with Gasteiger partial charge in [0, 0.05) is 18.4 Å². The molecule has 0 spiro atoms. The average molecular weight is 415 g/mol. The van der Waals surface area contributed by atoms with Gasteiger partial charge in [0.05, 0.1) is 12.2 Å². The Labute approximate surface area is 145 Å². The number of rotatable bonds is 4. The van der Waals surface area contributed by atoms with E-state index in [9.17, 15) is 4.39 Å². The number of hydrogen-bond donors (Lipinski definition) is 2. The molecule has 1 fully saturated rings. The van der Waals surface area contributed by atoms with Crippen LogP contribution < -0.4 is 11.1 Å². The largest absolute Gasteiger partial charge is 0.370 e. The standard InChI is InChI=1S/C15H18FN5.HI/c1-10-18-6-7-21(10)14-5-2-11(8-13(14)16)9-19-15(17)20-12-3-4-12;/h2,5-8,12H,3-4,9H2,1H3,(H3,17,19,20);1H. The minimum absolute atomic E-state index is 0. The molecule has 1 saturated carbocycles. The van der Waals surface area contributed by atoms with E-state index in [-0.39, 0.29) is 29.8 Å². The lowest BCUT2D eigenvalue weighted by Gasteiger charge is -2.08. The summed E-state index contributed by atoms with van der Waals surface area (Å²) in [5, 5.41) is 3.10. The van der Waals surface area contributed by atoms with E-state index in [1.165, 1.54) is 6.07 Å². The fourth-order valence-corrected chi connectivity index (χ4v) is 2.14. The Bertz CT molecular complexity index is 678. The minimum atomic E-state index is -0.294.